The predicted molar refractivity (Wildman–Crippen MR) is 50.5 cm³/mol. The molecule has 2 aromatic heterocycles. The third kappa shape index (κ3) is 1.10. The minimum absolute atomic E-state index is 0.343. The maximum absolute atomic E-state index is 10.6. The third-order valence-corrected chi connectivity index (χ3v) is 2.53. The lowest BCUT2D eigenvalue weighted by molar-refractivity contribution is 0.112. The van der Waals surface area contributed by atoms with E-state index in [9.17, 15) is 4.79 Å². The van der Waals surface area contributed by atoms with E-state index in [1.54, 1.807) is 6.20 Å². The summed E-state index contributed by atoms with van der Waals surface area (Å²) in [6.45, 7) is 0. The summed E-state index contributed by atoms with van der Waals surface area (Å²) >= 11 is 3.25. The van der Waals surface area contributed by atoms with Crippen LogP contribution in [0.1, 0.15) is 10.4 Å². The number of hydrogen-bond acceptors (Lipinski definition) is 4. The number of aldehydes is 1. The summed E-state index contributed by atoms with van der Waals surface area (Å²) in [4.78, 5) is 14.4. The van der Waals surface area contributed by atoms with E-state index in [-0.39, 0.29) is 0 Å². The Morgan fingerprint density at radius 3 is 3.00 bits per heavy atom. The molecule has 0 aliphatic rings. The molecular weight excluding hydrogens is 236 g/mol. The fourth-order valence-corrected chi connectivity index (χ4v) is 1.68. The number of anilines is 1. The molecule has 0 amide bonds. The number of fused-ring (bicyclic) bond motifs is 1. The second-order valence-electron chi connectivity index (χ2n) is 2.45. The van der Waals surface area contributed by atoms with Gasteiger partial charge in [-0.3, -0.25) is 4.79 Å². The number of nitrogens with zero attached hydrogens (tertiary/aromatic N) is 3. The molecule has 5 nitrogen and oxygen atoms in total. The van der Waals surface area contributed by atoms with Crippen LogP contribution in [0.15, 0.2) is 17.0 Å². The van der Waals surface area contributed by atoms with Crippen molar-refractivity contribution in [1.82, 2.24) is 14.6 Å². The standard InChI is InChI=1S/C7H5BrN4O/c8-5-4(2-13)1-12-6(5)7(9)10-3-11-12/h1-3H,(H2,9,10,11). The van der Waals surface area contributed by atoms with Gasteiger partial charge in [0, 0.05) is 11.8 Å². The van der Waals surface area contributed by atoms with Gasteiger partial charge < -0.3 is 5.73 Å². The molecule has 0 aromatic carbocycles. The highest BCUT2D eigenvalue weighted by atomic mass is 79.9. The van der Waals surface area contributed by atoms with Crippen molar-refractivity contribution >= 4 is 33.6 Å². The van der Waals surface area contributed by atoms with Gasteiger partial charge in [-0.25, -0.2) is 9.50 Å². The van der Waals surface area contributed by atoms with E-state index in [4.69, 9.17) is 5.73 Å². The number of halogens is 1. The van der Waals surface area contributed by atoms with Crippen molar-refractivity contribution in [2.45, 2.75) is 0 Å². The van der Waals surface area contributed by atoms with Gasteiger partial charge in [-0.15, -0.1) is 0 Å². The first-order valence-corrected chi connectivity index (χ1v) is 4.26. The molecule has 2 heterocycles. The van der Waals surface area contributed by atoms with Crippen LogP contribution in [-0.4, -0.2) is 20.9 Å². The molecule has 0 bridgehead atoms. The number of carbonyl (C=O) groups excluding carboxylic acids is 1. The molecule has 0 spiro atoms. The number of hydrogen-bond donors (Lipinski definition) is 1. The van der Waals surface area contributed by atoms with Crippen molar-refractivity contribution in [3.63, 3.8) is 0 Å². The van der Waals surface area contributed by atoms with E-state index in [2.05, 4.69) is 26.0 Å². The monoisotopic (exact) mass is 240 g/mol. The molecule has 0 saturated carbocycles. The molecule has 0 aliphatic carbocycles. The van der Waals surface area contributed by atoms with Gasteiger partial charge in [0.2, 0.25) is 0 Å². The van der Waals surface area contributed by atoms with Crippen LogP contribution in [0.3, 0.4) is 0 Å². The first-order chi connectivity index (χ1) is 6.24. The van der Waals surface area contributed by atoms with Gasteiger partial charge in [-0.05, 0) is 15.9 Å². The van der Waals surface area contributed by atoms with Gasteiger partial charge in [0.05, 0.1) is 4.47 Å². The highest BCUT2D eigenvalue weighted by Crippen LogP contribution is 2.25. The third-order valence-electron chi connectivity index (χ3n) is 1.69. The second-order valence-corrected chi connectivity index (χ2v) is 3.25. The number of nitrogens with two attached hydrogens (primary N) is 1. The van der Waals surface area contributed by atoms with Gasteiger partial charge in [0.1, 0.15) is 11.8 Å². The van der Waals surface area contributed by atoms with Gasteiger partial charge in [-0.1, -0.05) is 0 Å². The molecule has 0 aliphatic heterocycles. The quantitative estimate of drug-likeness (QED) is 0.752. The summed E-state index contributed by atoms with van der Waals surface area (Å²) < 4.78 is 2.14. The maximum Gasteiger partial charge on any atom is 0.152 e. The number of aromatic nitrogens is 3. The Labute approximate surface area is 81.7 Å². The van der Waals surface area contributed by atoms with E-state index in [1.165, 1.54) is 10.8 Å². The molecular formula is C7H5BrN4O. The zero-order valence-corrected chi connectivity index (χ0v) is 8.02. The SMILES string of the molecule is Nc1ncnn2cc(C=O)c(Br)c12. The van der Waals surface area contributed by atoms with Crippen molar-refractivity contribution in [3.05, 3.63) is 22.6 Å². The van der Waals surface area contributed by atoms with E-state index in [1.807, 2.05) is 0 Å². The second kappa shape index (κ2) is 2.81. The summed E-state index contributed by atoms with van der Waals surface area (Å²) in [5, 5.41) is 3.91. The van der Waals surface area contributed by atoms with Crippen molar-refractivity contribution in [1.29, 1.82) is 0 Å². The summed E-state index contributed by atoms with van der Waals surface area (Å²) in [5.74, 6) is 0.343. The summed E-state index contributed by atoms with van der Waals surface area (Å²) in [7, 11) is 0. The Kier molecular flexibility index (Phi) is 1.77. The predicted octanol–water partition coefficient (Wildman–Crippen LogP) is 0.886. The molecule has 2 rings (SSSR count). The van der Waals surface area contributed by atoms with E-state index in [0.29, 0.717) is 21.4 Å². The lowest BCUT2D eigenvalue weighted by Crippen LogP contribution is -1.97. The minimum atomic E-state index is 0.343. The Balaban J connectivity index is 2.92. The highest BCUT2D eigenvalue weighted by Gasteiger charge is 2.10. The molecule has 0 atom stereocenters. The smallest absolute Gasteiger partial charge is 0.152 e. The molecule has 2 N–H and O–H groups in total. The topological polar surface area (TPSA) is 73.3 Å². The Hall–Kier alpha value is -1.43. The fraction of sp³-hybridized carbons (Fsp3) is 0. The van der Waals surface area contributed by atoms with Crippen molar-refractivity contribution in [2.75, 3.05) is 5.73 Å². The molecule has 6 heteroatoms. The first kappa shape index (κ1) is 8.18. The van der Waals surface area contributed by atoms with Crippen LogP contribution < -0.4 is 5.73 Å². The average molecular weight is 241 g/mol. The van der Waals surface area contributed by atoms with Crippen LogP contribution in [0.25, 0.3) is 5.52 Å². The fourth-order valence-electron chi connectivity index (χ4n) is 1.10. The van der Waals surface area contributed by atoms with Crippen LogP contribution in [0.5, 0.6) is 0 Å². The number of carbonyl (C=O) groups is 1. The van der Waals surface area contributed by atoms with E-state index in [0.717, 1.165) is 6.29 Å². The highest BCUT2D eigenvalue weighted by molar-refractivity contribution is 9.10. The Morgan fingerprint density at radius 1 is 1.62 bits per heavy atom. The van der Waals surface area contributed by atoms with Gasteiger partial charge in [-0.2, -0.15) is 5.10 Å². The van der Waals surface area contributed by atoms with Crippen LogP contribution in [0.2, 0.25) is 0 Å². The largest absolute Gasteiger partial charge is 0.382 e. The molecule has 2 aromatic rings. The summed E-state index contributed by atoms with van der Waals surface area (Å²) in [5.41, 5.74) is 6.73. The average Bonchev–Trinajstić information content (AvgIpc) is 2.44. The molecule has 0 radical (unpaired) electrons. The van der Waals surface area contributed by atoms with E-state index < -0.39 is 0 Å². The zero-order valence-electron chi connectivity index (χ0n) is 6.44. The molecule has 0 saturated heterocycles. The summed E-state index contributed by atoms with van der Waals surface area (Å²) in [6.07, 6.45) is 3.66. The van der Waals surface area contributed by atoms with Crippen LogP contribution in [-0.2, 0) is 0 Å². The number of rotatable bonds is 1. The zero-order chi connectivity index (χ0) is 9.42. The van der Waals surface area contributed by atoms with Crippen LogP contribution in [0.4, 0.5) is 5.82 Å². The lowest BCUT2D eigenvalue weighted by Gasteiger charge is -1.95. The minimum Gasteiger partial charge on any atom is -0.382 e. The summed E-state index contributed by atoms with van der Waals surface area (Å²) in [6, 6.07) is 0. The van der Waals surface area contributed by atoms with Gasteiger partial charge in [0.15, 0.2) is 12.1 Å². The van der Waals surface area contributed by atoms with Crippen molar-refractivity contribution < 1.29 is 4.79 Å². The number of nitrogen functional groups attached to an aromatic ring is 1. The van der Waals surface area contributed by atoms with Crippen LogP contribution >= 0.6 is 15.9 Å². The molecule has 0 unspecified atom stereocenters. The van der Waals surface area contributed by atoms with Crippen molar-refractivity contribution in [2.24, 2.45) is 0 Å². The van der Waals surface area contributed by atoms with Crippen LogP contribution in [0, 0.1) is 0 Å². The van der Waals surface area contributed by atoms with Gasteiger partial charge in [0.25, 0.3) is 0 Å². The Morgan fingerprint density at radius 2 is 2.38 bits per heavy atom. The molecule has 13 heavy (non-hydrogen) atoms. The van der Waals surface area contributed by atoms with Gasteiger partial charge >= 0.3 is 0 Å². The Bertz CT molecular complexity index is 479. The first-order valence-electron chi connectivity index (χ1n) is 3.46. The molecule has 0 fully saturated rings. The van der Waals surface area contributed by atoms with E-state index >= 15 is 0 Å². The van der Waals surface area contributed by atoms with Crippen molar-refractivity contribution in [3.8, 4) is 0 Å². The normalized spacial score (nSPS) is 10.5. The molecule has 66 valence electrons. The maximum atomic E-state index is 10.6. The lowest BCUT2D eigenvalue weighted by atomic mass is 10.3.